The minimum atomic E-state index is -0.459. The largest absolute Gasteiger partial charge is 0.427 e. The third-order valence-corrected chi connectivity index (χ3v) is 4.75. The van der Waals surface area contributed by atoms with Crippen LogP contribution in [0.15, 0.2) is 72.8 Å². The Morgan fingerprint density at radius 1 is 0.719 bits per heavy atom. The number of carbonyl (C=O) groups excluding carboxylic acids is 3. The molecule has 3 rings (SSSR count). The predicted molar refractivity (Wildman–Crippen MR) is 125 cm³/mol. The number of hydrogen-bond acceptors (Lipinski definition) is 4. The van der Waals surface area contributed by atoms with Crippen LogP contribution in [0.1, 0.15) is 54.0 Å². The maximum absolute atomic E-state index is 12.6. The molecular formula is C26H26N2O4. The number of benzene rings is 3. The van der Waals surface area contributed by atoms with Crippen LogP contribution in [0.25, 0.3) is 0 Å². The van der Waals surface area contributed by atoms with E-state index in [-0.39, 0.29) is 17.2 Å². The Morgan fingerprint density at radius 3 is 1.84 bits per heavy atom. The van der Waals surface area contributed by atoms with E-state index in [2.05, 4.69) is 31.4 Å². The molecule has 2 N–H and O–H groups in total. The quantitative estimate of drug-likeness (QED) is 0.418. The maximum atomic E-state index is 12.6. The highest BCUT2D eigenvalue weighted by atomic mass is 16.5. The van der Waals surface area contributed by atoms with Crippen LogP contribution in [0.3, 0.4) is 0 Å². The topological polar surface area (TPSA) is 84.5 Å². The maximum Gasteiger partial charge on any atom is 0.308 e. The first-order valence-electron chi connectivity index (χ1n) is 10.2. The molecular weight excluding hydrogens is 404 g/mol. The van der Waals surface area contributed by atoms with Crippen molar-refractivity contribution < 1.29 is 19.1 Å². The van der Waals surface area contributed by atoms with Gasteiger partial charge in [0.25, 0.3) is 11.8 Å². The van der Waals surface area contributed by atoms with E-state index in [1.807, 2.05) is 12.1 Å². The molecule has 0 saturated heterocycles. The summed E-state index contributed by atoms with van der Waals surface area (Å²) in [5.41, 5.74) is 3.14. The van der Waals surface area contributed by atoms with Gasteiger partial charge in [-0.15, -0.1) is 0 Å². The minimum absolute atomic E-state index is 0.0132. The first-order chi connectivity index (χ1) is 15.1. The van der Waals surface area contributed by atoms with Crippen LogP contribution in [0, 0.1) is 0 Å². The summed E-state index contributed by atoms with van der Waals surface area (Å²) in [5, 5.41) is 5.64. The smallest absolute Gasteiger partial charge is 0.308 e. The summed E-state index contributed by atoms with van der Waals surface area (Å²) in [5.74, 6) is -0.758. The molecule has 0 unspecified atom stereocenters. The Labute approximate surface area is 187 Å². The molecule has 3 aromatic rings. The van der Waals surface area contributed by atoms with E-state index in [4.69, 9.17) is 4.74 Å². The SMILES string of the molecule is CC(=O)Oc1cccc(C(=O)Nc2cccc(NC(=O)c3ccc(C(C)(C)C)cc3)c2)c1. The summed E-state index contributed by atoms with van der Waals surface area (Å²) in [7, 11) is 0. The van der Waals surface area contributed by atoms with Gasteiger partial charge >= 0.3 is 5.97 Å². The summed E-state index contributed by atoms with van der Waals surface area (Å²) >= 11 is 0. The second-order valence-corrected chi connectivity index (χ2v) is 8.44. The van der Waals surface area contributed by atoms with Crippen LogP contribution >= 0.6 is 0 Å². The van der Waals surface area contributed by atoms with Crippen LogP contribution in [-0.2, 0) is 10.2 Å². The van der Waals surface area contributed by atoms with Gasteiger partial charge in [0.1, 0.15) is 5.75 Å². The minimum Gasteiger partial charge on any atom is -0.427 e. The molecule has 0 aliphatic rings. The Balaban J connectivity index is 1.68. The van der Waals surface area contributed by atoms with E-state index in [0.717, 1.165) is 5.56 Å². The predicted octanol–water partition coefficient (Wildman–Crippen LogP) is 5.41. The Bertz CT molecular complexity index is 1140. The van der Waals surface area contributed by atoms with Crippen molar-refractivity contribution in [1.29, 1.82) is 0 Å². The molecule has 6 nitrogen and oxygen atoms in total. The highest BCUT2D eigenvalue weighted by Gasteiger charge is 2.15. The summed E-state index contributed by atoms with van der Waals surface area (Å²) in [6.07, 6.45) is 0. The molecule has 0 aliphatic heterocycles. The zero-order chi connectivity index (χ0) is 23.3. The van der Waals surface area contributed by atoms with Crippen LogP contribution in [0.2, 0.25) is 0 Å². The highest BCUT2D eigenvalue weighted by Crippen LogP contribution is 2.23. The fraction of sp³-hybridized carbons (Fsp3) is 0.192. The summed E-state index contributed by atoms with van der Waals surface area (Å²) in [6.45, 7) is 7.66. The zero-order valence-electron chi connectivity index (χ0n) is 18.6. The normalized spacial score (nSPS) is 10.9. The van der Waals surface area contributed by atoms with Gasteiger partial charge in [-0.1, -0.05) is 45.0 Å². The van der Waals surface area contributed by atoms with E-state index in [1.54, 1.807) is 54.6 Å². The number of carbonyl (C=O) groups is 3. The van der Waals surface area contributed by atoms with E-state index >= 15 is 0 Å². The molecule has 0 aliphatic carbocycles. The zero-order valence-corrected chi connectivity index (χ0v) is 18.6. The van der Waals surface area contributed by atoms with Crippen molar-refractivity contribution in [2.24, 2.45) is 0 Å². The number of nitrogens with one attached hydrogen (secondary N) is 2. The van der Waals surface area contributed by atoms with Gasteiger partial charge in [-0.3, -0.25) is 14.4 Å². The lowest BCUT2D eigenvalue weighted by atomic mass is 9.87. The average molecular weight is 431 g/mol. The fourth-order valence-electron chi connectivity index (χ4n) is 3.07. The first kappa shape index (κ1) is 22.7. The summed E-state index contributed by atoms with van der Waals surface area (Å²) in [6, 6.07) is 20.7. The molecule has 0 bridgehead atoms. The second kappa shape index (κ2) is 9.47. The number of ether oxygens (including phenoxy) is 1. The van der Waals surface area contributed by atoms with Gasteiger partial charge < -0.3 is 15.4 Å². The van der Waals surface area contributed by atoms with Crippen LogP contribution in [0.5, 0.6) is 5.75 Å². The summed E-state index contributed by atoms with van der Waals surface area (Å²) < 4.78 is 5.02. The van der Waals surface area contributed by atoms with Gasteiger partial charge in [0.15, 0.2) is 0 Å². The summed E-state index contributed by atoms with van der Waals surface area (Å²) in [4.78, 5) is 36.3. The lowest BCUT2D eigenvalue weighted by Gasteiger charge is -2.19. The van der Waals surface area contributed by atoms with Crippen LogP contribution in [0.4, 0.5) is 11.4 Å². The lowest BCUT2D eigenvalue weighted by molar-refractivity contribution is -0.131. The number of amides is 2. The Kier molecular flexibility index (Phi) is 6.73. The van der Waals surface area contributed by atoms with Crippen LogP contribution < -0.4 is 15.4 Å². The third kappa shape index (κ3) is 6.04. The lowest BCUT2D eigenvalue weighted by Crippen LogP contribution is -2.15. The van der Waals surface area contributed by atoms with Gasteiger partial charge in [-0.05, 0) is 59.5 Å². The highest BCUT2D eigenvalue weighted by molar-refractivity contribution is 6.06. The first-order valence-corrected chi connectivity index (χ1v) is 10.2. The standard InChI is InChI=1S/C26H26N2O4/c1-17(29)32-23-10-5-7-19(15-23)25(31)28-22-9-6-8-21(16-22)27-24(30)18-11-13-20(14-12-18)26(2,3)4/h5-16H,1-4H3,(H,27,30)(H,28,31). The Morgan fingerprint density at radius 2 is 1.28 bits per heavy atom. The monoisotopic (exact) mass is 430 g/mol. The molecule has 32 heavy (non-hydrogen) atoms. The van der Waals surface area contributed by atoms with E-state index in [0.29, 0.717) is 28.3 Å². The number of anilines is 2. The fourth-order valence-corrected chi connectivity index (χ4v) is 3.07. The van der Waals surface area contributed by atoms with Gasteiger partial charge in [-0.25, -0.2) is 0 Å². The molecule has 0 saturated carbocycles. The van der Waals surface area contributed by atoms with E-state index in [1.165, 1.54) is 13.0 Å². The van der Waals surface area contributed by atoms with E-state index in [9.17, 15) is 14.4 Å². The van der Waals surface area contributed by atoms with Crippen molar-refractivity contribution in [3.05, 3.63) is 89.5 Å². The third-order valence-electron chi connectivity index (χ3n) is 4.75. The molecule has 0 spiro atoms. The van der Waals surface area contributed by atoms with Crippen molar-refractivity contribution in [2.45, 2.75) is 33.1 Å². The van der Waals surface area contributed by atoms with Crippen molar-refractivity contribution in [1.82, 2.24) is 0 Å². The van der Waals surface area contributed by atoms with Crippen molar-refractivity contribution >= 4 is 29.2 Å². The second-order valence-electron chi connectivity index (χ2n) is 8.44. The van der Waals surface area contributed by atoms with E-state index < -0.39 is 5.97 Å². The average Bonchev–Trinajstić information content (AvgIpc) is 2.73. The molecule has 164 valence electrons. The molecule has 0 fully saturated rings. The molecule has 2 amide bonds. The van der Waals surface area contributed by atoms with Crippen LogP contribution in [-0.4, -0.2) is 17.8 Å². The number of rotatable bonds is 5. The van der Waals surface area contributed by atoms with Gasteiger partial charge in [0.2, 0.25) is 0 Å². The van der Waals surface area contributed by atoms with Gasteiger partial charge in [0.05, 0.1) is 0 Å². The van der Waals surface area contributed by atoms with Crippen molar-refractivity contribution in [3.8, 4) is 5.75 Å². The van der Waals surface area contributed by atoms with Gasteiger partial charge in [-0.2, -0.15) is 0 Å². The Hall–Kier alpha value is -3.93. The molecule has 0 aromatic heterocycles. The van der Waals surface area contributed by atoms with Crippen molar-refractivity contribution in [2.75, 3.05) is 10.6 Å². The molecule has 0 radical (unpaired) electrons. The number of esters is 1. The molecule has 0 atom stereocenters. The molecule has 3 aromatic carbocycles. The van der Waals surface area contributed by atoms with Crippen molar-refractivity contribution in [3.63, 3.8) is 0 Å². The molecule has 6 heteroatoms. The van der Waals surface area contributed by atoms with Gasteiger partial charge in [0, 0.05) is 29.4 Å². The molecule has 0 heterocycles. The number of hydrogen-bond donors (Lipinski definition) is 2.